The second-order valence-electron chi connectivity index (χ2n) is 4.07. The smallest absolute Gasteiger partial charge is 0.244 e. The van der Waals surface area contributed by atoms with Crippen LogP contribution in [0.25, 0.3) is 5.69 Å². The molecule has 3 N–H and O–H groups in total. The molecule has 96 valence electrons. The summed E-state index contributed by atoms with van der Waals surface area (Å²) in [5.41, 5.74) is 5.81. The maximum atomic E-state index is 13.7. The third-order valence-corrected chi connectivity index (χ3v) is 2.50. The molecule has 18 heavy (non-hydrogen) atoms. The number of hydrogen-bond donors (Lipinski definition) is 2. The largest absolute Gasteiger partial charge is 0.368 e. The Hall–Kier alpha value is -1.82. The van der Waals surface area contributed by atoms with E-state index in [1.807, 2.05) is 13.8 Å². The molecule has 0 spiro atoms. The molecule has 2 rings (SSSR count). The number of anilines is 2. The van der Waals surface area contributed by atoms with Gasteiger partial charge >= 0.3 is 0 Å². The van der Waals surface area contributed by atoms with Gasteiger partial charge in [0.2, 0.25) is 11.9 Å². The summed E-state index contributed by atoms with van der Waals surface area (Å²) in [7, 11) is 0. The lowest BCUT2D eigenvalue weighted by molar-refractivity contribution is 0.612. The van der Waals surface area contributed by atoms with Crippen molar-refractivity contribution in [3.8, 4) is 5.69 Å². The normalized spacial score (nSPS) is 10.9. The van der Waals surface area contributed by atoms with Crippen LogP contribution < -0.4 is 11.1 Å². The van der Waals surface area contributed by atoms with Gasteiger partial charge in [-0.1, -0.05) is 17.7 Å². The van der Waals surface area contributed by atoms with Crippen LogP contribution in [0.3, 0.4) is 0 Å². The molecule has 0 saturated carbocycles. The molecule has 0 fully saturated rings. The molecule has 0 bridgehead atoms. The van der Waals surface area contributed by atoms with Crippen LogP contribution in [0.1, 0.15) is 13.8 Å². The minimum atomic E-state index is -0.504. The highest BCUT2D eigenvalue weighted by Crippen LogP contribution is 2.25. The summed E-state index contributed by atoms with van der Waals surface area (Å²) >= 11 is 5.95. The van der Waals surface area contributed by atoms with E-state index in [2.05, 4.69) is 15.4 Å². The van der Waals surface area contributed by atoms with Gasteiger partial charge in [0.25, 0.3) is 0 Å². The van der Waals surface area contributed by atoms with Gasteiger partial charge in [0.15, 0.2) is 5.82 Å². The number of nitrogens with one attached hydrogen (secondary N) is 1. The molecule has 7 heteroatoms. The lowest BCUT2D eigenvalue weighted by Gasteiger charge is -2.06. The molecule has 0 radical (unpaired) electrons. The number of nitrogen functional groups attached to an aromatic ring is 1. The van der Waals surface area contributed by atoms with E-state index in [-0.39, 0.29) is 22.7 Å². The first kappa shape index (κ1) is 12.6. The number of nitrogens with zero attached hydrogens (tertiary/aromatic N) is 3. The number of halogens is 2. The SMILES string of the molecule is CC(C)Nc1nc(N)n(-c2c(F)cccc2Cl)n1. The van der Waals surface area contributed by atoms with Crippen molar-refractivity contribution in [3.05, 3.63) is 29.0 Å². The predicted octanol–water partition coefficient (Wildman–Crippen LogP) is 2.46. The van der Waals surface area contributed by atoms with Gasteiger partial charge in [0, 0.05) is 6.04 Å². The molecule has 0 aliphatic rings. The van der Waals surface area contributed by atoms with E-state index in [1.54, 1.807) is 6.07 Å². The van der Waals surface area contributed by atoms with Gasteiger partial charge in [-0.3, -0.25) is 0 Å². The molecular weight excluding hydrogens is 257 g/mol. The second kappa shape index (κ2) is 4.81. The van der Waals surface area contributed by atoms with Crippen LogP contribution in [0.5, 0.6) is 0 Å². The first-order chi connectivity index (χ1) is 8.49. The molecule has 0 amide bonds. The van der Waals surface area contributed by atoms with E-state index in [0.29, 0.717) is 5.95 Å². The average Bonchev–Trinajstić information content (AvgIpc) is 2.58. The minimum absolute atomic E-state index is 0.0742. The Morgan fingerprint density at radius 2 is 2.17 bits per heavy atom. The van der Waals surface area contributed by atoms with Crippen molar-refractivity contribution in [1.82, 2.24) is 14.8 Å². The van der Waals surface area contributed by atoms with E-state index in [0.717, 1.165) is 0 Å². The number of para-hydroxylation sites is 1. The number of aromatic nitrogens is 3. The lowest BCUT2D eigenvalue weighted by Crippen LogP contribution is -2.11. The number of benzene rings is 1. The molecule has 1 heterocycles. The Kier molecular flexibility index (Phi) is 3.38. The highest BCUT2D eigenvalue weighted by molar-refractivity contribution is 6.32. The van der Waals surface area contributed by atoms with Gasteiger partial charge in [0.1, 0.15) is 5.69 Å². The third-order valence-electron chi connectivity index (χ3n) is 2.20. The molecule has 0 aliphatic heterocycles. The fourth-order valence-corrected chi connectivity index (χ4v) is 1.74. The van der Waals surface area contributed by atoms with Gasteiger partial charge in [0.05, 0.1) is 5.02 Å². The standard InChI is InChI=1S/C11H13ClFN5/c1-6(2)15-11-16-10(14)18(17-11)9-7(12)4-3-5-8(9)13/h3-6H,1-2H3,(H3,14,15,16,17). The third kappa shape index (κ3) is 2.38. The molecule has 2 aromatic rings. The zero-order valence-electron chi connectivity index (χ0n) is 9.98. The summed E-state index contributed by atoms with van der Waals surface area (Å²) in [6, 6.07) is 4.52. The van der Waals surface area contributed by atoms with Crippen molar-refractivity contribution >= 4 is 23.5 Å². The van der Waals surface area contributed by atoms with Crippen LogP contribution in [-0.2, 0) is 0 Å². The fourth-order valence-electron chi connectivity index (χ4n) is 1.50. The maximum Gasteiger partial charge on any atom is 0.244 e. The van der Waals surface area contributed by atoms with E-state index < -0.39 is 5.82 Å². The molecule has 5 nitrogen and oxygen atoms in total. The Labute approximate surface area is 109 Å². The fraction of sp³-hybridized carbons (Fsp3) is 0.273. The van der Waals surface area contributed by atoms with Crippen LogP contribution in [-0.4, -0.2) is 20.8 Å². The van der Waals surface area contributed by atoms with Gasteiger partial charge in [-0.15, -0.1) is 5.10 Å². The number of rotatable bonds is 3. The number of hydrogen-bond acceptors (Lipinski definition) is 4. The topological polar surface area (TPSA) is 68.8 Å². The average molecular weight is 270 g/mol. The Morgan fingerprint density at radius 3 is 2.78 bits per heavy atom. The van der Waals surface area contributed by atoms with Crippen molar-refractivity contribution in [1.29, 1.82) is 0 Å². The molecule has 0 aliphatic carbocycles. The molecule has 0 atom stereocenters. The molecule has 0 unspecified atom stereocenters. The lowest BCUT2D eigenvalue weighted by atomic mass is 10.3. The van der Waals surface area contributed by atoms with Crippen molar-refractivity contribution in [2.45, 2.75) is 19.9 Å². The van der Waals surface area contributed by atoms with Crippen molar-refractivity contribution < 1.29 is 4.39 Å². The van der Waals surface area contributed by atoms with Gasteiger partial charge in [-0.05, 0) is 26.0 Å². The highest BCUT2D eigenvalue weighted by Gasteiger charge is 2.15. The summed E-state index contributed by atoms with van der Waals surface area (Å²) in [4.78, 5) is 4.00. The van der Waals surface area contributed by atoms with Crippen LogP contribution in [0.2, 0.25) is 5.02 Å². The first-order valence-corrected chi connectivity index (χ1v) is 5.80. The van der Waals surface area contributed by atoms with Crippen molar-refractivity contribution in [2.24, 2.45) is 0 Å². The van der Waals surface area contributed by atoms with E-state index in [1.165, 1.54) is 16.8 Å². The summed E-state index contributed by atoms with van der Waals surface area (Å²) in [5.74, 6) is -0.0952. The molecular formula is C11H13ClFN5. The van der Waals surface area contributed by atoms with Crippen LogP contribution >= 0.6 is 11.6 Å². The van der Waals surface area contributed by atoms with E-state index in [4.69, 9.17) is 17.3 Å². The zero-order chi connectivity index (χ0) is 13.3. The number of nitrogens with two attached hydrogens (primary N) is 1. The molecule has 1 aromatic heterocycles. The minimum Gasteiger partial charge on any atom is -0.368 e. The van der Waals surface area contributed by atoms with Crippen LogP contribution in [0.4, 0.5) is 16.3 Å². The van der Waals surface area contributed by atoms with Gasteiger partial charge < -0.3 is 11.1 Å². The van der Waals surface area contributed by atoms with Crippen LogP contribution in [0.15, 0.2) is 18.2 Å². The summed E-state index contributed by atoms with van der Waals surface area (Å²) in [5, 5.41) is 7.30. The van der Waals surface area contributed by atoms with E-state index in [9.17, 15) is 4.39 Å². The summed E-state index contributed by atoms with van der Waals surface area (Å²) < 4.78 is 14.9. The molecule has 1 aromatic carbocycles. The Morgan fingerprint density at radius 1 is 1.44 bits per heavy atom. The van der Waals surface area contributed by atoms with Crippen molar-refractivity contribution in [3.63, 3.8) is 0 Å². The first-order valence-electron chi connectivity index (χ1n) is 5.42. The van der Waals surface area contributed by atoms with Gasteiger partial charge in [-0.25, -0.2) is 4.39 Å². The van der Waals surface area contributed by atoms with E-state index >= 15 is 0 Å². The van der Waals surface area contributed by atoms with Crippen LogP contribution in [0, 0.1) is 5.82 Å². The summed E-state index contributed by atoms with van der Waals surface area (Å²) in [6.45, 7) is 3.87. The Balaban J connectivity index is 2.48. The quantitative estimate of drug-likeness (QED) is 0.898. The summed E-state index contributed by atoms with van der Waals surface area (Å²) in [6.07, 6.45) is 0. The molecule has 0 saturated heterocycles. The van der Waals surface area contributed by atoms with Crippen molar-refractivity contribution in [2.75, 3.05) is 11.1 Å². The Bertz CT molecular complexity index is 546. The maximum absolute atomic E-state index is 13.7. The highest BCUT2D eigenvalue weighted by atomic mass is 35.5. The predicted molar refractivity (Wildman–Crippen MR) is 69.5 cm³/mol. The zero-order valence-corrected chi connectivity index (χ0v) is 10.7. The second-order valence-corrected chi connectivity index (χ2v) is 4.48. The van der Waals surface area contributed by atoms with Gasteiger partial charge in [-0.2, -0.15) is 9.67 Å². The monoisotopic (exact) mass is 269 g/mol.